The van der Waals surface area contributed by atoms with Crippen LogP contribution < -0.4 is 0 Å². The maximum absolute atomic E-state index is 11.9. The maximum Gasteiger partial charge on any atom is 0.421 e. The molecular formula is C3H3F5O3S. The summed E-state index contributed by atoms with van der Waals surface area (Å²) in [6, 6.07) is 0. The topological polar surface area (TPSA) is 54.4 Å². The Morgan fingerprint density at radius 1 is 1.08 bits per heavy atom. The number of hydrogen-bond acceptors (Lipinski definition) is 3. The van der Waals surface area contributed by atoms with Crippen LogP contribution in [0.4, 0.5) is 22.0 Å². The van der Waals surface area contributed by atoms with E-state index >= 15 is 0 Å². The van der Waals surface area contributed by atoms with Gasteiger partial charge >= 0.3 is 11.4 Å². The largest absolute Gasteiger partial charge is 0.421 e. The van der Waals surface area contributed by atoms with E-state index in [0.29, 0.717) is 0 Å². The third-order valence-corrected chi connectivity index (χ3v) is 1.61. The molecule has 0 radical (unpaired) electrons. The summed E-state index contributed by atoms with van der Waals surface area (Å²) in [6.45, 7) is 0. The molecule has 0 fully saturated rings. The molecule has 0 amide bonds. The Labute approximate surface area is 64.7 Å². The van der Waals surface area contributed by atoms with Gasteiger partial charge in [0.2, 0.25) is 16.8 Å². The minimum absolute atomic E-state index is 4.17. The molecule has 0 aliphatic rings. The molecule has 0 bridgehead atoms. The van der Waals surface area contributed by atoms with E-state index in [2.05, 4.69) is 0 Å². The first kappa shape index (κ1) is 11.6. The van der Waals surface area contributed by atoms with Gasteiger partial charge in [-0.1, -0.05) is 0 Å². The molecule has 0 aromatic rings. The minimum atomic E-state index is -5.65. The second kappa shape index (κ2) is 3.13. The predicted octanol–water partition coefficient (Wildman–Crippen LogP) is 0.114. The van der Waals surface area contributed by atoms with Gasteiger partial charge in [-0.25, -0.2) is 8.42 Å². The van der Waals surface area contributed by atoms with Crippen LogP contribution in [-0.2, 0) is 10.7 Å². The van der Waals surface area contributed by atoms with E-state index in [1.165, 1.54) is 0 Å². The molecule has 0 aromatic carbocycles. The molecule has 74 valence electrons. The van der Waals surface area contributed by atoms with E-state index in [-0.39, 0.29) is 0 Å². The van der Waals surface area contributed by atoms with E-state index in [1.807, 2.05) is 0 Å². The van der Waals surface area contributed by atoms with Crippen LogP contribution in [0, 0.1) is 0 Å². The van der Waals surface area contributed by atoms with Crippen molar-refractivity contribution in [3.05, 3.63) is 0 Å². The molecule has 0 aromatic heterocycles. The van der Waals surface area contributed by atoms with Crippen molar-refractivity contribution in [2.24, 2.45) is 0 Å². The summed E-state index contributed by atoms with van der Waals surface area (Å²) in [5, 5.41) is 2.65. The monoisotopic (exact) mass is 214 g/mol. The molecule has 1 N–H and O–H groups in total. The smallest absolute Gasteiger partial charge is 0.378 e. The molecule has 0 saturated carbocycles. The van der Waals surface area contributed by atoms with E-state index in [9.17, 15) is 30.4 Å². The van der Waals surface area contributed by atoms with Gasteiger partial charge in [-0.15, -0.1) is 0 Å². The third-order valence-electron chi connectivity index (χ3n) is 0.882. The zero-order valence-corrected chi connectivity index (χ0v) is 6.07. The molecule has 1 atom stereocenters. The number of halogens is 5. The maximum atomic E-state index is 11.9. The van der Waals surface area contributed by atoms with Crippen molar-refractivity contribution in [1.29, 1.82) is 0 Å². The Morgan fingerprint density at radius 3 is 1.50 bits per heavy atom. The average molecular weight is 214 g/mol. The second-order valence-corrected chi connectivity index (χ2v) is 2.90. The zero-order chi connectivity index (χ0) is 10.2. The van der Waals surface area contributed by atoms with Gasteiger partial charge in [-0.3, -0.25) is 0 Å². The number of rotatable bonds is 2. The van der Waals surface area contributed by atoms with Crippen molar-refractivity contribution in [2.45, 2.75) is 17.5 Å². The number of thiol groups is 1. The summed E-state index contributed by atoms with van der Waals surface area (Å²) in [5.41, 5.74) is 0. The summed E-state index contributed by atoms with van der Waals surface area (Å²) >= 11 is 0. The fourth-order valence-corrected chi connectivity index (χ4v) is 0.643. The van der Waals surface area contributed by atoms with Crippen LogP contribution in [0.5, 0.6) is 0 Å². The molecule has 0 rings (SSSR count). The van der Waals surface area contributed by atoms with Gasteiger partial charge in [-0.2, -0.15) is 22.0 Å². The number of alkyl halides is 5. The van der Waals surface area contributed by atoms with Gasteiger partial charge in [0.15, 0.2) is 0 Å². The number of hydrogen-bond donors (Lipinski definition) is 2. The summed E-state index contributed by atoms with van der Waals surface area (Å²) < 4.78 is 76.7. The average Bonchev–Trinajstić information content (AvgIpc) is 1.83. The molecule has 0 heterocycles. The minimum Gasteiger partial charge on any atom is -0.378 e. The van der Waals surface area contributed by atoms with E-state index in [4.69, 9.17) is 5.11 Å². The zero-order valence-electron chi connectivity index (χ0n) is 5.18. The lowest BCUT2D eigenvalue weighted by Crippen LogP contribution is -2.45. The molecule has 0 aliphatic carbocycles. The van der Waals surface area contributed by atoms with Crippen molar-refractivity contribution in [2.75, 3.05) is 0 Å². The van der Waals surface area contributed by atoms with Crippen LogP contribution in [-0.4, -0.2) is 31.1 Å². The van der Waals surface area contributed by atoms with E-state index in [1.54, 1.807) is 0 Å². The molecule has 3 nitrogen and oxygen atoms in total. The van der Waals surface area contributed by atoms with Crippen molar-refractivity contribution >= 4 is 10.7 Å². The lowest BCUT2D eigenvalue weighted by Gasteiger charge is -2.18. The Balaban J connectivity index is 4.81. The second-order valence-electron chi connectivity index (χ2n) is 1.79. The molecule has 12 heavy (non-hydrogen) atoms. The van der Waals surface area contributed by atoms with Crippen LogP contribution in [0.2, 0.25) is 0 Å². The molecule has 9 heteroatoms. The summed E-state index contributed by atoms with van der Waals surface area (Å²) in [7, 11) is -4.65. The van der Waals surface area contributed by atoms with Crippen molar-refractivity contribution in [1.82, 2.24) is 0 Å². The Kier molecular flexibility index (Phi) is 3.02. The fraction of sp³-hybridized carbons (Fsp3) is 1.00. The van der Waals surface area contributed by atoms with Gasteiger partial charge in [0.1, 0.15) is 0 Å². The summed E-state index contributed by atoms with van der Waals surface area (Å²) in [6.07, 6.45) is -9.83. The van der Waals surface area contributed by atoms with Crippen LogP contribution in [0.1, 0.15) is 0 Å². The number of aliphatic hydroxyl groups is 1. The highest BCUT2D eigenvalue weighted by Crippen LogP contribution is 2.32. The predicted molar refractivity (Wildman–Crippen MR) is 27.3 cm³/mol. The van der Waals surface area contributed by atoms with Gasteiger partial charge in [0.25, 0.3) is 0 Å². The summed E-state index contributed by atoms with van der Waals surface area (Å²) in [5.74, 6) is 0. The van der Waals surface area contributed by atoms with E-state index in [0.717, 1.165) is 0 Å². The van der Waals surface area contributed by atoms with Crippen LogP contribution >= 0.6 is 0 Å². The van der Waals surface area contributed by atoms with Gasteiger partial charge < -0.3 is 5.11 Å². The van der Waals surface area contributed by atoms with Crippen molar-refractivity contribution < 1.29 is 35.5 Å². The number of aliphatic hydroxyl groups excluding tert-OH is 1. The molecule has 1 unspecified atom stereocenters. The van der Waals surface area contributed by atoms with Gasteiger partial charge in [0, 0.05) is 0 Å². The highest BCUT2D eigenvalue weighted by molar-refractivity contribution is 7.73. The van der Waals surface area contributed by atoms with Crippen molar-refractivity contribution in [3.63, 3.8) is 0 Å². The van der Waals surface area contributed by atoms with Gasteiger partial charge in [-0.05, 0) is 0 Å². The lowest BCUT2D eigenvalue weighted by molar-refractivity contribution is -0.246. The third kappa shape index (κ3) is 2.27. The fourth-order valence-electron chi connectivity index (χ4n) is 0.297. The van der Waals surface area contributed by atoms with Gasteiger partial charge in [0.05, 0.1) is 0 Å². The SMILES string of the molecule is O=[SH](=O)C(F)(F)C(O)C(F)(F)F. The highest BCUT2D eigenvalue weighted by atomic mass is 32.2. The quantitative estimate of drug-likeness (QED) is 0.506. The van der Waals surface area contributed by atoms with E-state index < -0.39 is 28.2 Å². The Morgan fingerprint density at radius 2 is 1.42 bits per heavy atom. The first-order chi connectivity index (χ1) is 5.10. The molecule has 0 spiro atoms. The highest BCUT2D eigenvalue weighted by Gasteiger charge is 2.57. The van der Waals surface area contributed by atoms with Crippen LogP contribution in [0.25, 0.3) is 0 Å². The first-order valence-corrected chi connectivity index (χ1v) is 3.55. The Bertz CT molecular complexity index is 223. The molecule has 0 saturated heterocycles. The first-order valence-electron chi connectivity index (χ1n) is 2.37. The van der Waals surface area contributed by atoms with Crippen molar-refractivity contribution in [3.8, 4) is 0 Å². The Hall–Kier alpha value is -0.440. The molecular weight excluding hydrogens is 211 g/mol. The summed E-state index contributed by atoms with van der Waals surface area (Å²) in [4.78, 5) is 0. The van der Waals surface area contributed by atoms with Crippen LogP contribution in [0.3, 0.4) is 0 Å². The molecule has 0 aliphatic heterocycles. The van der Waals surface area contributed by atoms with Crippen LogP contribution in [0.15, 0.2) is 0 Å². The lowest BCUT2D eigenvalue weighted by atomic mass is 10.4. The standard InChI is InChI=1S/C3H3F5O3S/c4-2(5,6)1(9)3(7,8)12(10)11/h1,9,12H. The normalized spacial score (nSPS) is 16.6.